The lowest BCUT2D eigenvalue weighted by molar-refractivity contribution is -0.133. The SMILES string of the molecule is COc1ccccc1CN(C)C(=O)C1CCCN1S(=O)(=O)c1ccc(F)cc1. The van der Waals surface area contributed by atoms with Gasteiger partial charge in [-0.1, -0.05) is 18.2 Å². The predicted octanol–water partition coefficient (Wildman–Crippen LogP) is 2.65. The molecule has 1 aliphatic rings. The lowest BCUT2D eigenvalue weighted by Crippen LogP contribution is -2.46. The summed E-state index contributed by atoms with van der Waals surface area (Å²) in [6.07, 6.45) is 1.05. The van der Waals surface area contributed by atoms with Gasteiger partial charge >= 0.3 is 0 Å². The highest BCUT2D eigenvalue weighted by Gasteiger charge is 2.40. The van der Waals surface area contributed by atoms with Crippen LogP contribution >= 0.6 is 0 Å². The second-order valence-corrected chi connectivity index (χ2v) is 8.62. The van der Waals surface area contributed by atoms with E-state index in [-0.39, 0.29) is 17.3 Å². The molecule has 0 bridgehead atoms. The van der Waals surface area contributed by atoms with Gasteiger partial charge < -0.3 is 9.64 Å². The van der Waals surface area contributed by atoms with Gasteiger partial charge in [0.15, 0.2) is 0 Å². The van der Waals surface area contributed by atoms with Crippen LogP contribution in [0.25, 0.3) is 0 Å². The number of sulfonamides is 1. The highest BCUT2D eigenvalue weighted by molar-refractivity contribution is 7.89. The van der Waals surface area contributed by atoms with Crippen LogP contribution < -0.4 is 4.74 Å². The van der Waals surface area contributed by atoms with Gasteiger partial charge in [0, 0.05) is 25.7 Å². The third kappa shape index (κ3) is 4.02. The molecule has 0 saturated carbocycles. The van der Waals surface area contributed by atoms with Crippen molar-refractivity contribution >= 4 is 15.9 Å². The van der Waals surface area contributed by atoms with Crippen LogP contribution in [0.4, 0.5) is 4.39 Å². The van der Waals surface area contributed by atoms with Crippen molar-refractivity contribution in [1.82, 2.24) is 9.21 Å². The summed E-state index contributed by atoms with van der Waals surface area (Å²) >= 11 is 0. The van der Waals surface area contributed by atoms with E-state index in [9.17, 15) is 17.6 Å². The van der Waals surface area contributed by atoms with Crippen molar-refractivity contribution in [3.05, 3.63) is 59.9 Å². The van der Waals surface area contributed by atoms with Gasteiger partial charge in [0.05, 0.1) is 12.0 Å². The topological polar surface area (TPSA) is 66.9 Å². The Bertz CT molecular complexity index is 947. The van der Waals surface area contributed by atoms with Crippen LogP contribution in [0.3, 0.4) is 0 Å². The molecule has 0 radical (unpaired) electrons. The Morgan fingerprint density at radius 3 is 2.57 bits per heavy atom. The van der Waals surface area contributed by atoms with Crippen molar-refractivity contribution in [2.24, 2.45) is 0 Å². The summed E-state index contributed by atoms with van der Waals surface area (Å²) < 4.78 is 45.6. The van der Waals surface area contributed by atoms with E-state index >= 15 is 0 Å². The maximum absolute atomic E-state index is 13.2. The van der Waals surface area contributed by atoms with E-state index < -0.39 is 21.9 Å². The van der Waals surface area contributed by atoms with Gasteiger partial charge in [-0.05, 0) is 43.2 Å². The third-order valence-corrected chi connectivity index (χ3v) is 6.81. The Kier molecular flexibility index (Phi) is 6.00. The summed E-state index contributed by atoms with van der Waals surface area (Å²) in [4.78, 5) is 14.5. The smallest absolute Gasteiger partial charge is 0.243 e. The maximum atomic E-state index is 13.2. The Hall–Kier alpha value is -2.45. The average molecular weight is 406 g/mol. The number of rotatable bonds is 6. The molecule has 0 aliphatic carbocycles. The summed E-state index contributed by atoms with van der Waals surface area (Å²) in [5, 5.41) is 0. The predicted molar refractivity (Wildman–Crippen MR) is 103 cm³/mol. The molecule has 3 rings (SSSR count). The fraction of sp³-hybridized carbons (Fsp3) is 0.350. The van der Waals surface area contributed by atoms with Crippen molar-refractivity contribution in [3.63, 3.8) is 0 Å². The van der Waals surface area contributed by atoms with Gasteiger partial charge in [0.1, 0.15) is 17.6 Å². The summed E-state index contributed by atoms with van der Waals surface area (Å²) in [6.45, 7) is 0.572. The molecule has 2 aromatic carbocycles. The zero-order chi connectivity index (χ0) is 20.3. The molecule has 2 aromatic rings. The van der Waals surface area contributed by atoms with E-state index in [1.54, 1.807) is 14.2 Å². The molecule has 1 fully saturated rings. The summed E-state index contributed by atoms with van der Waals surface area (Å²) in [7, 11) is -0.662. The number of carbonyl (C=O) groups is 1. The van der Waals surface area contributed by atoms with Gasteiger partial charge in [-0.2, -0.15) is 4.31 Å². The van der Waals surface area contributed by atoms with Crippen LogP contribution in [0.5, 0.6) is 5.75 Å². The van der Waals surface area contributed by atoms with E-state index in [0.717, 1.165) is 17.7 Å². The van der Waals surface area contributed by atoms with Gasteiger partial charge in [0.25, 0.3) is 0 Å². The lowest BCUT2D eigenvalue weighted by atomic mass is 10.1. The molecule has 150 valence electrons. The van der Waals surface area contributed by atoms with Gasteiger partial charge in [0.2, 0.25) is 15.9 Å². The van der Waals surface area contributed by atoms with Gasteiger partial charge in [-0.15, -0.1) is 0 Å². The largest absolute Gasteiger partial charge is 0.496 e. The zero-order valence-electron chi connectivity index (χ0n) is 15.8. The van der Waals surface area contributed by atoms with E-state index in [1.165, 1.54) is 21.3 Å². The Labute approximate surface area is 164 Å². The highest BCUT2D eigenvalue weighted by atomic mass is 32.2. The zero-order valence-corrected chi connectivity index (χ0v) is 16.7. The molecule has 1 saturated heterocycles. The van der Waals surface area contributed by atoms with Crippen LogP contribution in [0.15, 0.2) is 53.4 Å². The van der Waals surface area contributed by atoms with Crippen LogP contribution in [0.1, 0.15) is 18.4 Å². The monoisotopic (exact) mass is 406 g/mol. The molecular formula is C20H23FN2O4S. The molecule has 1 amide bonds. The molecule has 1 atom stereocenters. The van der Waals surface area contributed by atoms with Crippen molar-refractivity contribution in [2.75, 3.05) is 20.7 Å². The standard InChI is InChI=1S/C20H23FN2O4S/c1-22(14-15-6-3-4-8-19(15)27-2)20(24)18-7-5-13-23(18)28(25,26)17-11-9-16(21)10-12-17/h3-4,6,8-12,18H,5,7,13-14H2,1-2H3. The fourth-order valence-corrected chi connectivity index (χ4v) is 5.09. The Morgan fingerprint density at radius 2 is 1.89 bits per heavy atom. The summed E-state index contributed by atoms with van der Waals surface area (Å²) in [5.41, 5.74) is 0.840. The van der Waals surface area contributed by atoms with Gasteiger partial charge in [-0.25, -0.2) is 12.8 Å². The minimum Gasteiger partial charge on any atom is -0.496 e. The average Bonchev–Trinajstić information content (AvgIpc) is 3.19. The lowest BCUT2D eigenvalue weighted by Gasteiger charge is -2.28. The first-order valence-electron chi connectivity index (χ1n) is 8.99. The maximum Gasteiger partial charge on any atom is 0.243 e. The number of carbonyl (C=O) groups excluding carboxylic acids is 1. The number of hydrogen-bond donors (Lipinski definition) is 0. The number of amides is 1. The molecule has 0 aromatic heterocycles. The van der Waals surface area contributed by atoms with Crippen LogP contribution in [0.2, 0.25) is 0 Å². The molecule has 6 nitrogen and oxygen atoms in total. The van der Waals surface area contributed by atoms with E-state index in [2.05, 4.69) is 0 Å². The molecule has 1 heterocycles. The highest BCUT2D eigenvalue weighted by Crippen LogP contribution is 2.28. The van der Waals surface area contributed by atoms with Crippen LogP contribution in [0, 0.1) is 5.82 Å². The Balaban J connectivity index is 1.79. The van der Waals surface area contributed by atoms with Crippen molar-refractivity contribution in [1.29, 1.82) is 0 Å². The van der Waals surface area contributed by atoms with Crippen LogP contribution in [-0.2, 0) is 21.4 Å². The number of methoxy groups -OCH3 is 1. The van der Waals surface area contributed by atoms with Gasteiger partial charge in [-0.3, -0.25) is 4.79 Å². The molecule has 0 N–H and O–H groups in total. The third-order valence-electron chi connectivity index (χ3n) is 4.89. The normalized spacial score (nSPS) is 17.5. The number of para-hydroxylation sites is 1. The van der Waals surface area contributed by atoms with E-state index in [1.807, 2.05) is 24.3 Å². The molecule has 28 heavy (non-hydrogen) atoms. The number of benzene rings is 2. The summed E-state index contributed by atoms with van der Waals surface area (Å²) in [5.74, 6) is -0.108. The molecule has 1 unspecified atom stereocenters. The number of hydrogen-bond acceptors (Lipinski definition) is 4. The van der Waals surface area contributed by atoms with E-state index in [0.29, 0.717) is 25.1 Å². The van der Waals surface area contributed by atoms with Crippen molar-refractivity contribution in [2.45, 2.75) is 30.3 Å². The second-order valence-electron chi connectivity index (χ2n) is 6.73. The van der Waals surface area contributed by atoms with Crippen molar-refractivity contribution in [3.8, 4) is 5.75 Å². The first-order valence-corrected chi connectivity index (χ1v) is 10.4. The molecule has 8 heteroatoms. The van der Waals surface area contributed by atoms with E-state index in [4.69, 9.17) is 4.74 Å². The van der Waals surface area contributed by atoms with Crippen LogP contribution in [-0.4, -0.2) is 50.3 Å². The Morgan fingerprint density at radius 1 is 1.21 bits per heavy atom. The molecule has 0 spiro atoms. The first-order chi connectivity index (χ1) is 13.3. The summed E-state index contributed by atoms with van der Waals surface area (Å²) in [6, 6.07) is 11.3. The molecular weight excluding hydrogens is 383 g/mol. The van der Waals surface area contributed by atoms with Crippen molar-refractivity contribution < 1.29 is 22.3 Å². The minimum atomic E-state index is -3.87. The number of nitrogens with zero attached hydrogens (tertiary/aromatic N) is 2. The first kappa shape index (κ1) is 20.3. The fourth-order valence-electron chi connectivity index (χ4n) is 3.44. The number of ether oxygens (including phenoxy) is 1. The number of likely N-dealkylation sites (N-methyl/N-ethyl adjacent to an activating group) is 1. The second kappa shape index (κ2) is 8.28. The molecule has 1 aliphatic heterocycles. The minimum absolute atomic E-state index is 0.0130. The number of halogens is 1. The quantitative estimate of drug-likeness (QED) is 0.740.